The Morgan fingerprint density at radius 3 is 2.50 bits per heavy atom. The predicted octanol–water partition coefficient (Wildman–Crippen LogP) is 3.09. The number of carbonyl (C=O) groups excluding carboxylic acids is 2. The van der Waals surface area contributed by atoms with Gasteiger partial charge >= 0.3 is 11.7 Å². The molecule has 9 nitrogen and oxygen atoms in total. The summed E-state index contributed by atoms with van der Waals surface area (Å²) in [6.07, 6.45) is 3.90. The minimum absolute atomic E-state index is 0.0542. The van der Waals surface area contributed by atoms with Crippen molar-refractivity contribution in [2.75, 3.05) is 29.5 Å². The van der Waals surface area contributed by atoms with Gasteiger partial charge in [0.25, 0.3) is 11.5 Å². The lowest BCUT2D eigenvalue weighted by atomic mass is 10.2. The lowest BCUT2D eigenvalue weighted by Crippen LogP contribution is -2.43. The van der Waals surface area contributed by atoms with Gasteiger partial charge in [0, 0.05) is 18.0 Å². The van der Waals surface area contributed by atoms with Crippen LogP contribution in [-0.4, -0.2) is 40.3 Å². The largest absolute Gasteiger partial charge is 0.455 e. The van der Waals surface area contributed by atoms with Gasteiger partial charge < -0.3 is 15.4 Å². The molecular formula is C24H34N4O5S. The van der Waals surface area contributed by atoms with Crippen molar-refractivity contribution >= 4 is 35.1 Å². The molecule has 186 valence electrons. The van der Waals surface area contributed by atoms with E-state index in [0.717, 1.165) is 29.7 Å². The van der Waals surface area contributed by atoms with E-state index in [1.165, 1.54) is 21.2 Å². The van der Waals surface area contributed by atoms with Crippen LogP contribution in [0.3, 0.4) is 0 Å². The van der Waals surface area contributed by atoms with Crippen molar-refractivity contribution in [3.05, 3.63) is 50.7 Å². The first-order chi connectivity index (χ1) is 16.3. The van der Waals surface area contributed by atoms with E-state index in [-0.39, 0.29) is 23.8 Å². The lowest BCUT2D eigenvalue weighted by Gasteiger charge is -2.24. The van der Waals surface area contributed by atoms with E-state index in [9.17, 15) is 19.2 Å². The minimum atomic E-state index is -0.735. The Morgan fingerprint density at radius 1 is 1.12 bits per heavy atom. The Morgan fingerprint density at radius 2 is 1.82 bits per heavy atom. The number of aromatic nitrogens is 2. The Hall–Kier alpha value is -3.01. The third-order valence-corrected chi connectivity index (χ3v) is 6.45. The SMILES string of the molecule is CCCCCN(C(=O)COC(=O)CSc1ccccc1C)c1c(N)n(CCCC)c(=O)[nH]c1=O. The average Bonchev–Trinajstić information content (AvgIpc) is 2.80. The van der Waals surface area contributed by atoms with Gasteiger partial charge in [0.05, 0.1) is 5.75 Å². The van der Waals surface area contributed by atoms with Crippen LogP contribution in [0, 0.1) is 6.92 Å². The molecule has 34 heavy (non-hydrogen) atoms. The molecule has 2 rings (SSSR count). The second kappa shape index (κ2) is 13.6. The van der Waals surface area contributed by atoms with Gasteiger partial charge in [0.15, 0.2) is 12.3 Å². The van der Waals surface area contributed by atoms with Crippen LogP contribution in [-0.2, 0) is 20.9 Å². The van der Waals surface area contributed by atoms with Gasteiger partial charge in [-0.2, -0.15) is 0 Å². The molecule has 0 spiro atoms. The maximum Gasteiger partial charge on any atom is 0.330 e. The average molecular weight is 491 g/mol. The van der Waals surface area contributed by atoms with Crippen molar-refractivity contribution in [2.24, 2.45) is 0 Å². The summed E-state index contributed by atoms with van der Waals surface area (Å²) in [4.78, 5) is 54.6. The zero-order valence-electron chi connectivity index (χ0n) is 20.1. The van der Waals surface area contributed by atoms with E-state index in [2.05, 4.69) is 4.98 Å². The zero-order valence-corrected chi connectivity index (χ0v) is 20.9. The molecule has 0 fully saturated rings. The number of ether oxygens (including phenoxy) is 1. The number of H-pyrrole nitrogens is 1. The molecule has 0 atom stereocenters. The standard InChI is InChI=1S/C24H34N4O5S/c1-4-6-10-14-27(21-22(25)28(13-7-5-2)24(32)26-23(21)31)19(29)15-33-20(30)16-34-18-12-9-8-11-17(18)3/h8-9,11-12H,4-7,10,13-16,25H2,1-3H3,(H,26,31,32). The van der Waals surface area contributed by atoms with E-state index in [1.54, 1.807) is 0 Å². The number of aryl methyl sites for hydroxylation is 1. The summed E-state index contributed by atoms with van der Waals surface area (Å²) in [6, 6.07) is 7.67. The first-order valence-corrected chi connectivity index (χ1v) is 12.6. The molecule has 3 N–H and O–H groups in total. The van der Waals surface area contributed by atoms with Crippen molar-refractivity contribution in [1.82, 2.24) is 9.55 Å². The highest BCUT2D eigenvalue weighted by atomic mass is 32.2. The summed E-state index contributed by atoms with van der Waals surface area (Å²) in [7, 11) is 0. The third-order valence-electron chi connectivity index (χ3n) is 5.30. The Balaban J connectivity index is 2.16. The number of anilines is 2. The maximum atomic E-state index is 13.0. The molecule has 0 unspecified atom stereocenters. The molecule has 0 aliphatic heterocycles. The quantitative estimate of drug-likeness (QED) is 0.251. The predicted molar refractivity (Wildman–Crippen MR) is 135 cm³/mol. The summed E-state index contributed by atoms with van der Waals surface area (Å²) < 4.78 is 6.47. The molecule has 1 heterocycles. The fraction of sp³-hybridized carbons (Fsp3) is 0.500. The Labute approximate surface area is 203 Å². The molecule has 1 aromatic heterocycles. The zero-order chi connectivity index (χ0) is 25.1. The fourth-order valence-electron chi connectivity index (χ4n) is 3.37. The molecule has 0 radical (unpaired) electrons. The second-order valence-electron chi connectivity index (χ2n) is 7.97. The number of thioether (sulfide) groups is 1. The van der Waals surface area contributed by atoms with Crippen LogP contribution in [0.2, 0.25) is 0 Å². The van der Waals surface area contributed by atoms with Crippen LogP contribution in [0.5, 0.6) is 0 Å². The molecule has 0 saturated heterocycles. The number of nitrogens with zero attached hydrogens (tertiary/aromatic N) is 2. The van der Waals surface area contributed by atoms with E-state index in [1.807, 2.05) is 45.0 Å². The fourth-order valence-corrected chi connectivity index (χ4v) is 4.20. The van der Waals surface area contributed by atoms with Crippen LogP contribution in [0.4, 0.5) is 11.5 Å². The first kappa shape index (κ1) is 27.2. The summed E-state index contributed by atoms with van der Waals surface area (Å²) in [5.41, 5.74) is 5.81. The number of rotatable bonds is 13. The van der Waals surface area contributed by atoms with E-state index < -0.39 is 29.7 Å². The normalized spacial score (nSPS) is 10.8. The third kappa shape index (κ3) is 7.51. The number of amides is 1. The van der Waals surface area contributed by atoms with Gasteiger partial charge in [-0.3, -0.25) is 23.9 Å². The van der Waals surface area contributed by atoms with E-state index in [4.69, 9.17) is 10.5 Å². The van der Waals surface area contributed by atoms with Crippen molar-refractivity contribution in [1.29, 1.82) is 0 Å². The van der Waals surface area contributed by atoms with Crippen LogP contribution in [0.15, 0.2) is 38.8 Å². The molecule has 2 aromatic rings. The Bertz CT molecular complexity index is 1100. The summed E-state index contributed by atoms with van der Waals surface area (Å²) in [5, 5.41) is 0. The number of nitrogens with two attached hydrogens (primary N) is 1. The number of benzene rings is 1. The van der Waals surface area contributed by atoms with E-state index >= 15 is 0 Å². The van der Waals surface area contributed by atoms with Crippen LogP contribution >= 0.6 is 11.8 Å². The number of nitrogen functional groups attached to an aromatic ring is 1. The number of aromatic amines is 1. The second-order valence-corrected chi connectivity index (χ2v) is 8.98. The maximum absolute atomic E-state index is 13.0. The monoisotopic (exact) mass is 490 g/mol. The summed E-state index contributed by atoms with van der Waals surface area (Å²) in [5.74, 6) is -1.11. The first-order valence-electron chi connectivity index (χ1n) is 11.6. The van der Waals surface area contributed by atoms with Gasteiger partial charge in [0.1, 0.15) is 5.82 Å². The Kier molecular flexibility index (Phi) is 10.9. The van der Waals surface area contributed by atoms with Gasteiger partial charge in [-0.15, -0.1) is 11.8 Å². The van der Waals surface area contributed by atoms with Crippen LogP contribution in [0.25, 0.3) is 0 Å². The molecule has 10 heteroatoms. The molecule has 0 saturated carbocycles. The van der Waals surface area contributed by atoms with E-state index in [0.29, 0.717) is 19.4 Å². The lowest BCUT2D eigenvalue weighted by molar-refractivity contribution is -0.145. The number of esters is 1. The number of nitrogens with one attached hydrogen (secondary N) is 1. The molecular weight excluding hydrogens is 456 g/mol. The van der Waals surface area contributed by atoms with Crippen LogP contribution in [0.1, 0.15) is 51.5 Å². The van der Waals surface area contributed by atoms with Crippen LogP contribution < -0.4 is 21.9 Å². The highest BCUT2D eigenvalue weighted by Gasteiger charge is 2.25. The van der Waals surface area contributed by atoms with Gasteiger partial charge in [-0.1, -0.05) is 51.3 Å². The molecule has 1 amide bonds. The highest BCUT2D eigenvalue weighted by Crippen LogP contribution is 2.22. The number of hydrogen-bond acceptors (Lipinski definition) is 7. The number of hydrogen-bond donors (Lipinski definition) is 2. The smallest absolute Gasteiger partial charge is 0.330 e. The minimum Gasteiger partial charge on any atom is -0.455 e. The molecule has 0 bridgehead atoms. The molecule has 0 aliphatic carbocycles. The molecule has 1 aromatic carbocycles. The summed E-state index contributed by atoms with van der Waals surface area (Å²) >= 11 is 1.33. The van der Waals surface area contributed by atoms with Gasteiger partial charge in [-0.25, -0.2) is 4.79 Å². The van der Waals surface area contributed by atoms with Crippen molar-refractivity contribution in [3.63, 3.8) is 0 Å². The molecule has 0 aliphatic rings. The number of carbonyl (C=O) groups is 2. The van der Waals surface area contributed by atoms with Crippen molar-refractivity contribution < 1.29 is 14.3 Å². The van der Waals surface area contributed by atoms with Crippen molar-refractivity contribution in [2.45, 2.75) is 64.3 Å². The summed E-state index contributed by atoms with van der Waals surface area (Å²) in [6.45, 7) is 5.97. The van der Waals surface area contributed by atoms with Gasteiger partial charge in [-0.05, 0) is 31.4 Å². The number of unbranched alkanes of at least 4 members (excludes halogenated alkanes) is 3. The van der Waals surface area contributed by atoms with Gasteiger partial charge in [0.2, 0.25) is 0 Å². The van der Waals surface area contributed by atoms with Crippen molar-refractivity contribution in [3.8, 4) is 0 Å². The topological polar surface area (TPSA) is 127 Å². The highest BCUT2D eigenvalue weighted by molar-refractivity contribution is 8.00.